The van der Waals surface area contributed by atoms with Gasteiger partial charge in [-0.3, -0.25) is 0 Å². The van der Waals surface area contributed by atoms with Crippen molar-refractivity contribution in [3.8, 4) is 120 Å². The summed E-state index contributed by atoms with van der Waals surface area (Å²) >= 11 is 0. The number of anilines is 6. The van der Waals surface area contributed by atoms with Crippen LogP contribution in [0.4, 0.5) is 34.1 Å². The van der Waals surface area contributed by atoms with Gasteiger partial charge in [0.1, 0.15) is 23.3 Å². The molecule has 22 aromatic rings. The number of para-hydroxylation sites is 7. The van der Waals surface area contributed by atoms with Gasteiger partial charge in [-0.1, -0.05) is 322 Å². The van der Waals surface area contributed by atoms with Gasteiger partial charge in [-0.15, -0.1) is 0 Å². The van der Waals surface area contributed by atoms with Crippen molar-refractivity contribution in [2.24, 2.45) is 0 Å². The Labute approximate surface area is 748 Å². The molecule has 2 aliphatic carbocycles. The molecule has 18 aromatic carbocycles. The van der Waals surface area contributed by atoms with Crippen molar-refractivity contribution in [2.75, 3.05) is 9.80 Å². The smallest absolute Gasteiger partial charge is 0.164 e. The molecule has 0 fully saturated rings. The standard InChI is InChI=1S/C59H36N6.C59H35N5O/c60-37-41-35-40(58-62-56(38-17-3-1-4-18-38)61-57(63-58)39-19-5-2-6-20-39)31-34-51(41)65-54-29-15-11-25-49(54)59(50-26-12-16-30-55(50)65)47-24-10-7-21-43(47)46-36-42(32-33-48(46)59)64-52-27-13-8-22-44(52)45-23-9-14-28-53(45)64;60-36-42-33-41(58-62-56(37-15-3-1-4-16-37)61-57(63-58)38-17-5-2-6-18-38)28-31-51(42)64-52-24-12-10-22-49(52)59(50-23-11-13-25-53(50)64)47-21-9-7-19-43(47)45-34-39(27-30-48(45)59)40-29-32-55-46(35-40)44-20-8-14-26-54(44)65-55/h1-36H;1-35H. The first-order valence-corrected chi connectivity index (χ1v) is 43.6. The summed E-state index contributed by atoms with van der Waals surface area (Å²) in [7, 11) is 0. The van der Waals surface area contributed by atoms with Crippen molar-refractivity contribution in [1.82, 2.24) is 34.5 Å². The Morgan fingerprint density at radius 3 is 0.962 bits per heavy atom. The van der Waals surface area contributed by atoms with Crippen LogP contribution < -0.4 is 9.80 Å². The van der Waals surface area contributed by atoms with E-state index < -0.39 is 10.8 Å². The fraction of sp³-hybridized carbons (Fsp3) is 0.0169. The lowest BCUT2D eigenvalue weighted by Crippen LogP contribution is -2.36. The van der Waals surface area contributed by atoms with E-state index >= 15 is 0 Å². The predicted octanol–water partition coefficient (Wildman–Crippen LogP) is 28.4. The number of hydrogen-bond acceptors (Lipinski definition) is 11. The van der Waals surface area contributed by atoms with Gasteiger partial charge in [0.2, 0.25) is 0 Å². The average molecular weight is 1660 g/mol. The van der Waals surface area contributed by atoms with Crippen LogP contribution in [0.1, 0.15) is 55.6 Å². The van der Waals surface area contributed by atoms with E-state index in [1.54, 1.807) is 0 Å². The van der Waals surface area contributed by atoms with Crippen molar-refractivity contribution in [3.63, 3.8) is 0 Å². The van der Waals surface area contributed by atoms with Gasteiger partial charge in [0.25, 0.3) is 0 Å². The van der Waals surface area contributed by atoms with E-state index in [9.17, 15) is 10.5 Å². The Balaban J connectivity index is 0.000000140. The van der Waals surface area contributed by atoms with Gasteiger partial charge in [-0.05, 0) is 187 Å². The van der Waals surface area contributed by atoms with Crippen molar-refractivity contribution in [2.45, 2.75) is 10.8 Å². The maximum Gasteiger partial charge on any atom is 0.164 e. The molecule has 6 heterocycles. The van der Waals surface area contributed by atoms with Gasteiger partial charge in [0.05, 0.1) is 67.1 Å². The predicted molar refractivity (Wildman–Crippen MR) is 520 cm³/mol. The number of nitriles is 2. The van der Waals surface area contributed by atoms with E-state index in [2.05, 4.69) is 287 Å². The first kappa shape index (κ1) is 74.8. The molecular weight excluding hydrogens is 1590 g/mol. The molecule has 0 radical (unpaired) electrons. The molecule has 0 N–H and O–H groups in total. The monoisotopic (exact) mass is 1660 g/mol. The van der Waals surface area contributed by atoms with Crippen LogP contribution in [0.25, 0.3) is 151 Å². The largest absolute Gasteiger partial charge is 0.456 e. The fourth-order valence-corrected chi connectivity index (χ4v) is 20.9. The highest BCUT2D eigenvalue weighted by molar-refractivity contribution is 6.10. The molecular formula is C118H71N11O. The molecule has 12 nitrogen and oxygen atoms in total. The Morgan fingerprint density at radius 2 is 0.531 bits per heavy atom. The van der Waals surface area contributed by atoms with E-state index in [0.717, 1.165) is 129 Å². The number of benzene rings is 18. The van der Waals surface area contributed by atoms with Crippen molar-refractivity contribution >= 4 is 77.9 Å². The first-order valence-electron chi connectivity index (χ1n) is 43.6. The molecule has 4 aliphatic rings. The summed E-state index contributed by atoms with van der Waals surface area (Å²) in [5, 5.41) is 26.8. The molecule has 12 heteroatoms. The number of furan rings is 1. The highest BCUT2D eigenvalue weighted by atomic mass is 16.3. The second-order valence-electron chi connectivity index (χ2n) is 33.3. The van der Waals surface area contributed by atoms with Crippen LogP contribution in [0.15, 0.2) is 435 Å². The van der Waals surface area contributed by atoms with Crippen molar-refractivity contribution in [1.29, 1.82) is 10.5 Å². The summed E-state index contributed by atoms with van der Waals surface area (Å²) in [6, 6.07) is 155. The molecule has 0 unspecified atom stereocenters. The van der Waals surface area contributed by atoms with Crippen LogP contribution in [-0.4, -0.2) is 34.5 Å². The summed E-state index contributed by atoms with van der Waals surface area (Å²) in [4.78, 5) is 34.2. The van der Waals surface area contributed by atoms with E-state index in [0.29, 0.717) is 46.1 Å². The van der Waals surface area contributed by atoms with Crippen molar-refractivity contribution < 1.29 is 4.42 Å². The summed E-state index contributed by atoms with van der Waals surface area (Å²) in [5.74, 6) is 3.27. The van der Waals surface area contributed by atoms with Gasteiger partial charge in [0.15, 0.2) is 34.9 Å². The summed E-state index contributed by atoms with van der Waals surface area (Å²) < 4.78 is 8.60. The van der Waals surface area contributed by atoms with Gasteiger partial charge < -0.3 is 18.8 Å². The average Bonchev–Trinajstić information content (AvgIpc) is 1.48. The molecule has 4 aromatic heterocycles. The Kier molecular flexibility index (Phi) is 17.2. The van der Waals surface area contributed by atoms with Crippen LogP contribution in [0.5, 0.6) is 0 Å². The zero-order valence-electron chi connectivity index (χ0n) is 69.8. The zero-order chi connectivity index (χ0) is 86.1. The van der Waals surface area contributed by atoms with Crippen LogP contribution in [0, 0.1) is 22.7 Å². The second kappa shape index (κ2) is 30.0. The third-order valence-corrected chi connectivity index (χ3v) is 26.4. The topological polar surface area (TPSA) is 149 Å². The number of nitrogens with zero attached hydrogens (tertiary/aromatic N) is 11. The summed E-state index contributed by atoms with van der Waals surface area (Å²) in [5.41, 5.74) is 32.3. The van der Waals surface area contributed by atoms with Crippen LogP contribution in [0.3, 0.4) is 0 Å². The lowest BCUT2D eigenvalue weighted by molar-refractivity contribution is 0.669. The maximum atomic E-state index is 11.1. The molecule has 0 bridgehead atoms. The fourth-order valence-electron chi connectivity index (χ4n) is 20.9. The number of aromatic nitrogens is 7. The normalized spacial score (nSPS) is 13.0. The summed E-state index contributed by atoms with van der Waals surface area (Å²) in [6.07, 6.45) is 0. The Morgan fingerprint density at radius 1 is 0.215 bits per heavy atom. The van der Waals surface area contributed by atoms with Gasteiger partial charge >= 0.3 is 0 Å². The van der Waals surface area contributed by atoms with E-state index in [1.165, 1.54) is 66.3 Å². The molecule has 2 spiro atoms. The molecule has 0 saturated carbocycles. The molecule has 130 heavy (non-hydrogen) atoms. The molecule has 26 rings (SSSR count). The third kappa shape index (κ3) is 11.5. The SMILES string of the molecule is N#Cc1cc(-c2nc(-c3ccccc3)nc(-c3ccccc3)n2)ccc1N1c2ccccc2C2(c3ccccc3-c3cc(-c4ccc5oc6ccccc6c5c4)ccc32)c2ccccc21.N#Cc1cc(-c2nc(-c3ccccc3)nc(-c3ccccc3)n2)ccc1N1c2ccccc2C2(c3ccccc3-c3cc(-n4c5ccccc5c5ccccc54)ccc32)c2ccccc21. The molecule has 2 aliphatic heterocycles. The second-order valence-corrected chi connectivity index (χ2v) is 33.3. The lowest BCUT2D eigenvalue weighted by atomic mass is 9.64. The zero-order valence-corrected chi connectivity index (χ0v) is 69.8. The highest BCUT2D eigenvalue weighted by Crippen LogP contribution is 2.66. The molecule has 604 valence electrons. The van der Waals surface area contributed by atoms with Crippen LogP contribution >= 0.6 is 0 Å². The minimum absolute atomic E-state index is 0.496. The van der Waals surface area contributed by atoms with E-state index in [-0.39, 0.29) is 0 Å². The molecule has 0 atom stereocenters. The van der Waals surface area contributed by atoms with Crippen LogP contribution in [-0.2, 0) is 10.8 Å². The molecule has 0 amide bonds. The van der Waals surface area contributed by atoms with Gasteiger partial charge in [0, 0.05) is 60.6 Å². The number of fused-ring (bicyclic) bond motifs is 24. The van der Waals surface area contributed by atoms with Gasteiger partial charge in [-0.25, -0.2) is 29.9 Å². The Bertz CT molecular complexity index is 8240. The molecule has 0 saturated heterocycles. The number of hydrogen-bond donors (Lipinski definition) is 0. The minimum atomic E-state index is -0.631. The highest BCUT2D eigenvalue weighted by Gasteiger charge is 2.54. The van der Waals surface area contributed by atoms with Crippen molar-refractivity contribution in [3.05, 3.63) is 486 Å². The maximum absolute atomic E-state index is 11.1. The number of rotatable bonds is 10. The van der Waals surface area contributed by atoms with Gasteiger partial charge in [-0.2, -0.15) is 10.5 Å². The third-order valence-electron chi connectivity index (χ3n) is 26.4. The van der Waals surface area contributed by atoms with Crippen LogP contribution in [0.2, 0.25) is 0 Å². The van der Waals surface area contributed by atoms with E-state index in [4.69, 9.17) is 34.3 Å². The first-order chi connectivity index (χ1) is 64.4. The minimum Gasteiger partial charge on any atom is -0.456 e. The quantitative estimate of drug-likeness (QED) is 0.129. The Hall–Kier alpha value is -17.8. The van der Waals surface area contributed by atoms with E-state index in [1.807, 2.05) is 170 Å². The lowest BCUT2D eigenvalue weighted by Gasteiger charge is -2.45. The summed E-state index contributed by atoms with van der Waals surface area (Å²) in [6.45, 7) is 0.